The smallest absolute Gasteiger partial charge is 0.0767 e. The first-order valence-electron chi connectivity index (χ1n) is 6.55. The van der Waals surface area contributed by atoms with Crippen LogP contribution in [-0.2, 0) is 24.2 Å². The molecule has 0 fully saturated rings. The highest BCUT2D eigenvalue weighted by atomic mass is 79.9. The minimum absolute atomic E-state index is 0.818. The van der Waals surface area contributed by atoms with E-state index in [0.29, 0.717) is 0 Å². The molecule has 0 saturated heterocycles. The summed E-state index contributed by atoms with van der Waals surface area (Å²) in [4.78, 5) is 2.31. The van der Waals surface area contributed by atoms with Crippen LogP contribution in [0.15, 0.2) is 4.47 Å². The van der Waals surface area contributed by atoms with Gasteiger partial charge in [0, 0.05) is 33.4 Å². The molecule has 1 heterocycles. The van der Waals surface area contributed by atoms with E-state index in [-0.39, 0.29) is 0 Å². The summed E-state index contributed by atoms with van der Waals surface area (Å²) in [5, 5.41) is 4.61. The molecule has 0 unspecified atom stereocenters. The van der Waals surface area contributed by atoms with Crippen molar-refractivity contribution in [2.24, 2.45) is 0 Å². The molecule has 0 N–H and O–H groups in total. The van der Waals surface area contributed by atoms with Crippen LogP contribution < -0.4 is 0 Å². The first-order valence-corrected chi connectivity index (χ1v) is 7.34. The van der Waals surface area contributed by atoms with E-state index in [9.17, 15) is 0 Å². The van der Waals surface area contributed by atoms with Gasteiger partial charge in [0.2, 0.25) is 0 Å². The lowest BCUT2D eigenvalue weighted by molar-refractivity contribution is 0.177. The third-order valence-corrected chi connectivity index (χ3v) is 3.92. The van der Waals surface area contributed by atoms with E-state index >= 15 is 0 Å². The summed E-state index contributed by atoms with van der Waals surface area (Å²) >= 11 is 3.68. The summed E-state index contributed by atoms with van der Waals surface area (Å²) in [7, 11) is 3.89. The second-order valence-corrected chi connectivity index (χ2v) is 5.25. The van der Waals surface area contributed by atoms with Crippen LogP contribution in [0.2, 0.25) is 0 Å². The molecule has 0 aliphatic carbocycles. The molecule has 5 heteroatoms. The summed E-state index contributed by atoms with van der Waals surface area (Å²) in [5.41, 5.74) is 2.42. The number of hydrogen-bond acceptors (Lipinski definition) is 3. The van der Waals surface area contributed by atoms with Crippen LogP contribution in [0.25, 0.3) is 0 Å². The molecule has 104 valence electrons. The van der Waals surface area contributed by atoms with E-state index in [1.807, 2.05) is 0 Å². The van der Waals surface area contributed by atoms with Crippen molar-refractivity contribution < 1.29 is 4.74 Å². The summed E-state index contributed by atoms with van der Waals surface area (Å²) in [6, 6.07) is 0. The first-order chi connectivity index (χ1) is 8.63. The van der Waals surface area contributed by atoms with E-state index in [1.165, 1.54) is 10.2 Å². The Morgan fingerprint density at radius 1 is 1.39 bits per heavy atom. The molecule has 0 spiro atoms. The van der Waals surface area contributed by atoms with Crippen LogP contribution in [0.3, 0.4) is 0 Å². The topological polar surface area (TPSA) is 30.3 Å². The molecule has 0 amide bonds. The Balaban J connectivity index is 2.67. The highest BCUT2D eigenvalue weighted by Gasteiger charge is 2.15. The largest absolute Gasteiger partial charge is 0.385 e. The van der Waals surface area contributed by atoms with Gasteiger partial charge < -0.3 is 9.64 Å². The number of rotatable bonds is 8. The molecule has 0 aliphatic heterocycles. The van der Waals surface area contributed by atoms with Crippen LogP contribution in [0, 0.1) is 0 Å². The van der Waals surface area contributed by atoms with Crippen molar-refractivity contribution in [2.45, 2.75) is 39.8 Å². The SMILES string of the molecule is CCc1nn(CC)c(CN(C)CCCOC)c1Br. The van der Waals surface area contributed by atoms with Crippen LogP contribution in [-0.4, -0.2) is 42.0 Å². The van der Waals surface area contributed by atoms with Crippen LogP contribution >= 0.6 is 15.9 Å². The lowest BCUT2D eigenvalue weighted by Crippen LogP contribution is -2.22. The first kappa shape index (κ1) is 15.7. The second-order valence-electron chi connectivity index (χ2n) is 4.46. The van der Waals surface area contributed by atoms with Gasteiger partial charge in [-0.05, 0) is 42.7 Å². The minimum Gasteiger partial charge on any atom is -0.385 e. The van der Waals surface area contributed by atoms with Crippen molar-refractivity contribution in [3.8, 4) is 0 Å². The quantitative estimate of drug-likeness (QED) is 0.691. The lowest BCUT2D eigenvalue weighted by atomic mass is 10.3. The molecular formula is C13H24BrN3O. The fourth-order valence-corrected chi connectivity index (χ4v) is 2.67. The average molecular weight is 318 g/mol. The Morgan fingerprint density at radius 2 is 2.11 bits per heavy atom. The van der Waals surface area contributed by atoms with Gasteiger partial charge in [-0.2, -0.15) is 5.10 Å². The molecule has 1 aromatic rings. The fourth-order valence-electron chi connectivity index (χ4n) is 1.98. The number of hydrogen-bond donors (Lipinski definition) is 0. The van der Waals surface area contributed by atoms with E-state index in [1.54, 1.807) is 7.11 Å². The third-order valence-electron chi connectivity index (χ3n) is 3.00. The van der Waals surface area contributed by atoms with Crippen molar-refractivity contribution in [3.63, 3.8) is 0 Å². The molecule has 0 saturated carbocycles. The van der Waals surface area contributed by atoms with Crippen LogP contribution in [0.5, 0.6) is 0 Å². The van der Waals surface area contributed by atoms with Gasteiger partial charge >= 0.3 is 0 Å². The molecule has 0 atom stereocenters. The maximum Gasteiger partial charge on any atom is 0.0767 e. The Bertz CT molecular complexity index is 365. The van der Waals surface area contributed by atoms with Gasteiger partial charge in [0.25, 0.3) is 0 Å². The van der Waals surface area contributed by atoms with E-state index < -0.39 is 0 Å². The molecule has 1 rings (SSSR count). The zero-order valence-electron chi connectivity index (χ0n) is 11.9. The number of aromatic nitrogens is 2. The average Bonchev–Trinajstić information content (AvgIpc) is 2.66. The number of aryl methyl sites for hydroxylation is 2. The number of methoxy groups -OCH3 is 1. The molecular weight excluding hydrogens is 294 g/mol. The summed E-state index contributed by atoms with van der Waals surface area (Å²) in [5.74, 6) is 0. The molecule has 1 aromatic heterocycles. The Labute approximate surface area is 118 Å². The Kier molecular flexibility index (Phi) is 6.89. The zero-order chi connectivity index (χ0) is 13.5. The monoisotopic (exact) mass is 317 g/mol. The molecule has 0 aliphatic rings. The third kappa shape index (κ3) is 4.07. The van der Waals surface area contributed by atoms with Crippen LogP contribution in [0.4, 0.5) is 0 Å². The van der Waals surface area contributed by atoms with Crippen LogP contribution in [0.1, 0.15) is 31.7 Å². The maximum absolute atomic E-state index is 5.08. The Hall–Kier alpha value is -0.390. The summed E-state index contributed by atoms with van der Waals surface area (Å²) in [6.07, 6.45) is 2.03. The van der Waals surface area contributed by atoms with Gasteiger partial charge in [-0.1, -0.05) is 6.92 Å². The van der Waals surface area contributed by atoms with Gasteiger partial charge in [-0.15, -0.1) is 0 Å². The molecule has 0 radical (unpaired) electrons. The minimum atomic E-state index is 0.818. The van der Waals surface area contributed by atoms with E-state index in [0.717, 1.165) is 44.8 Å². The molecule has 0 aromatic carbocycles. The normalized spacial score (nSPS) is 11.4. The highest BCUT2D eigenvalue weighted by Crippen LogP contribution is 2.23. The van der Waals surface area contributed by atoms with Crippen molar-refractivity contribution in [1.29, 1.82) is 0 Å². The van der Waals surface area contributed by atoms with Crippen molar-refractivity contribution >= 4 is 15.9 Å². The lowest BCUT2D eigenvalue weighted by Gasteiger charge is -2.17. The van der Waals surface area contributed by atoms with Gasteiger partial charge in [0.1, 0.15) is 0 Å². The standard InChI is InChI=1S/C13H24BrN3O/c1-5-11-13(14)12(17(6-2)15-11)10-16(3)8-7-9-18-4/h5-10H2,1-4H3. The zero-order valence-corrected chi connectivity index (χ0v) is 13.5. The number of ether oxygens (including phenoxy) is 1. The number of halogens is 1. The predicted molar refractivity (Wildman–Crippen MR) is 77.8 cm³/mol. The van der Waals surface area contributed by atoms with Crippen molar-refractivity contribution in [3.05, 3.63) is 15.9 Å². The highest BCUT2D eigenvalue weighted by molar-refractivity contribution is 9.10. The summed E-state index contributed by atoms with van der Waals surface area (Å²) < 4.78 is 8.34. The van der Waals surface area contributed by atoms with Crippen molar-refractivity contribution in [2.75, 3.05) is 27.3 Å². The van der Waals surface area contributed by atoms with Gasteiger partial charge in [-0.3, -0.25) is 4.68 Å². The second kappa shape index (κ2) is 7.92. The summed E-state index contributed by atoms with van der Waals surface area (Å²) in [6.45, 7) is 7.97. The predicted octanol–water partition coefficient (Wildman–Crippen LogP) is 2.70. The van der Waals surface area contributed by atoms with Gasteiger partial charge in [-0.25, -0.2) is 0 Å². The fraction of sp³-hybridized carbons (Fsp3) is 0.769. The van der Waals surface area contributed by atoms with Gasteiger partial charge in [0.05, 0.1) is 15.9 Å². The van der Waals surface area contributed by atoms with E-state index in [2.05, 4.69) is 51.5 Å². The Morgan fingerprint density at radius 3 is 2.67 bits per heavy atom. The van der Waals surface area contributed by atoms with Gasteiger partial charge in [0.15, 0.2) is 0 Å². The molecule has 0 bridgehead atoms. The van der Waals surface area contributed by atoms with E-state index in [4.69, 9.17) is 4.74 Å². The number of nitrogens with zero attached hydrogens (tertiary/aromatic N) is 3. The van der Waals surface area contributed by atoms with Crippen molar-refractivity contribution in [1.82, 2.24) is 14.7 Å². The molecule has 4 nitrogen and oxygen atoms in total. The maximum atomic E-state index is 5.08. The molecule has 18 heavy (non-hydrogen) atoms.